The van der Waals surface area contributed by atoms with Crippen LogP contribution in [0.1, 0.15) is 76.6 Å². The SMILES string of the molecule is CC(C)(C)OC(=O)N=C(OC(N)=O)N1CC(S(=O)(=O)NC(=O)Nc2c3c(cc4c2CCC4)CCC3)C1C(C)(C)C. The number of hydrogen-bond acceptors (Lipinski definition) is 7. The quantitative estimate of drug-likeness (QED) is 0.361. The second-order valence-electron chi connectivity index (χ2n) is 12.6. The first kappa shape index (κ1) is 29.6. The van der Waals surface area contributed by atoms with Crippen LogP contribution in [0.25, 0.3) is 0 Å². The van der Waals surface area contributed by atoms with Gasteiger partial charge >= 0.3 is 24.2 Å². The molecule has 13 heteroatoms. The minimum atomic E-state index is -4.20. The second-order valence-corrected chi connectivity index (χ2v) is 14.5. The number of carbonyl (C=O) groups excluding carboxylic acids is 3. The number of aliphatic imine (C=N–C) groups is 1. The van der Waals surface area contributed by atoms with E-state index in [2.05, 4.69) is 21.1 Å². The number of nitrogens with two attached hydrogens (primary N) is 1. The van der Waals surface area contributed by atoms with Crippen molar-refractivity contribution >= 4 is 39.9 Å². The van der Waals surface area contributed by atoms with Crippen molar-refractivity contribution in [1.29, 1.82) is 0 Å². The number of fused-ring (bicyclic) bond motifs is 2. The molecule has 12 nitrogen and oxygen atoms in total. The normalized spacial score (nSPS) is 20.8. The Morgan fingerprint density at radius 1 is 1.00 bits per heavy atom. The van der Waals surface area contributed by atoms with Gasteiger partial charge in [0.1, 0.15) is 10.9 Å². The first-order chi connectivity index (χ1) is 18.5. The highest BCUT2D eigenvalue weighted by molar-refractivity contribution is 7.90. The van der Waals surface area contributed by atoms with Crippen LogP contribution in [0.15, 0.2) is 11.1 Å². The predicted octanol–water partition coefficient (Wildman–Crippen LogP) is 3.60. The molecule has 0 spiro atoms. The van der Waals surface area contributed by atoms with Gasteiger partial charge in [0.25, 0.3) is 0 Å². The topological polar surface area (TPSA) is 169 Å². The third kappa shape index (κ3) is 6.34. The molecular formula is C27H39N5O7S. The fraction of sp³-hybridized carbons (Fsp3) is 0.630. The molecule has 2 aliphatic carbocycles. The summed E-state index contributed by atoms with van der Waals surface area (Å²) in [7, 11) is -4.20. The maximum Gasteiger partial charge on any atom is 0.438 e. The molecule has 1 aromatic carbocycles. The lowest BCUT2D eigenvalue weighted by Crippen LogP contribution is -2.71. The van der Waals surface area contributed by atoms with Gasteiger partial charge in [-0.05, 0) is 87.0 Å². The summed E-state index contributed by atoms with van der Waals surface area (Å²) in [6, 6.07) is 0.124. The van der Waals surface area contributed by atoms with Crippen molar-refractivity contribution in [3.8, 4) is 0 Å². The Morgan fingerprint density at radius 2 is 1.57 bits per heavy atom. The number of aryl methyl sites for hydroxylation is 2. The van der Waals surface area contributed by atoms with Gasteiger partial charge in [0.2, 0.25) is 10.0 Å². The van der Waals surface area contributed by atoms with Crippen molar-refractivity contribution in [2.75, 3.05) is 11.9 Å². The number of likely N-dealkylation sites (tertiary alicyclic amines) is 1. The number of benzene rings is 1. The smallest absolute Gasteiger partial charge is 0.438 e. The molecule has 2 unspecified atom stereocenters. The fourth-order valence-electron chi connectivity index (χ4n) is 5.87. The first-order valence-corrected chi connectivity index (χ1v) is 15.1. The zero-order valence-corrected chi connectivity index (χ0v) is 24.7. The number of urea groups is 1. The van der Waals surface area contributed by atoms with Crippen LogP contribution in [-0.2, 0) is 45.2 Å². The summed E-state index contributed by atoms with van der Waals surface area (Å²) in [5.74, 6) is 0. The highest BCUT2D eigenvalue weighted by Gasteiger charge is 2.55. The van der Waals surface area contributed by atoms with Gasteiger partial charge in [0.15, 0.2) is 0 Å². The number of primary amides is 1. The Bertz CT molecular complexity index is 1330. The van der Waals surface area contributed by atoms with E-state index in [4.69, 9.17) is 15.2 Å². The summed E-state index contributed by atoms with van der Waals surface area (Å²) in [6.45, 7) is 10.1. The van der Waals surface area contributed by atoms with Gasteiger partial charge in [-0.15, -0.1) is 4.99 Å². The van der Waals surface area contributed by atoms with Gasteiger partial charge in [0.05, 0.1) is 6.04 Å². The maximum absolute atomic E-state index is 13.5. The molecule has 0 radical (unpaired) electrons. The van der Waals surface area contributed by atoms with Crippen molar-refractivity contribution in [2.45, 2.75) is 97.0 Å². The minimum Gasteiger partial charge on any atom is -0.442 e. The summed E-state index contributed by atoms with van der Waals surface area (Å²) in [6.07, 6.45) is 3.33. The lowest BCUT2D eigenvalue weighted by molar-refractivity contribution is 0.0501. The number of nitrogens with zero attached hydrogens (tertiary/aromatic N) is 2. The molecule has 0 aromatic heterocycles. The Kier molecular flexibility index (Phi) is 7.83. The van der Waals surface area contributed by atoms with Crippen molar-refractivity contribution in [3.05, 3.63) is 28.3 Å². The van der Waals surface area contributed by atoms with E-state index in [1.54, 1.807) is 41.5 Å². The molecule has 1 saturated heterocycles. The summed E-state index contributed by atoms with van der Waals surface area (Å²) < 4.78 is 39.3. The Labute approximate surface area is 235 Å². The van der Waals surface area contributed by atoms with Crippen molar-refractivity contribution < 1.29 is 32.3 Å². The van der Waals surface area contributed by atoms with Gasteiger partial charge in [-0.25, -0.2) is 27.5 Å². The number of anilines is 1. The molecular weight excluding hydrogens is 538 g/mol. The van der Waals surface area contributed by atoms with Crippen LogP contribution in [0.4, 0.5) is 20.1 Å². The zero-order valence-electron chi connectivity index (χ0n) is 23.9. The molecule has 4 amide bonds. The molecule has 4 rings (SSSR count). The van der Waals surface area contributed by atoms with Crippen LogP contribution in [0, 0.1) is 5.41 Å². The number of sulfonamides is 1. The van der Waals surface area contributed by atoms with E-state index in [0.717, 1.165) is 55.3 Å². The van der Waals surface area contributed by atoms with E-state index in [-0.39, 0.29) is 6.54 Å². The molecule has 0 bridgehead atoms. The van der Waals surface area contributed by atoms with Crippen molar-refractivity contribution in [1.82, 2.24) is 9.62 Å². The Hall–Kier alpha value is -3.35. The Balaban J connectivity index is 1.55. The average Bonchev–Trinajstić information content (AvgIpc) is 3.38. The number of ether oxygens (including phenoxy) is 2. The number of hydrogen-bond donors (Lipinski definition) is 3. The molecule has 1 aliphatic heterocycles. The van der Waals surface area contributed by atoms with Crippen LogP contribution >= 0.6 is 0 Å². The molecule has 40 heavy (non-hydrogen) atoms. The predicted molar refractivity (Wildman–Crippen MR) is 150 cm³/mol. The fourth-order valence-corrected chi connectivity index (χ4v) is 7.58. The van der Waals surface area contributed by atoms with E-state index >= 15 is 0 Å². The second kappa shape index (κ2) is 10.6. The number of nitrogens with one attached hydrogen (secondary N) is 2. The molecule has 1 aromatic rings. The van der Waals surface area contributed by atoms with E-state index in [1.165, 1.54) is 16.0 Å². The first-order valence-electron chi connectivity index (χ1n) is 13.5. The molecule has 220 valence electrons. The Morgan fingerprint density at radius 3 is 2.08 bits per heavy atom. The molecule has 1 fully saturated rings. The van der Waals surface area contributed by atoms with Gasteiger partial charge in [-0.1, -0.05) is 26.8 Å². The van der Waals surface area contributed by atoms with E-state index < -0.39 is 56.6 Å². The third-order valence-electron chi connectivity index (χ3n) is 7.31. The van der Waals surface area contributed by atoms with E-state index in [1.807, 2.05) is 0 Å². The minimum absolute atomic E-state index is 0.199. The van der Waals surface area contributed by atoms with Crippen LogP contribution in [0.5, 0.6) is 0 Å². The standard InChI is InChI=1S/C27H39N5O7S/c1-26(2,3)21-19(14-32(21)24(38-22(28)33)30-25(35)39-27(4,5)6)40(36,37)31-23(34)29-20-17-11-7-9-15(17)13-16-10-8-12-18(16)20/h13,19,21H,7-12,14H2,1-6H3,(H2,28,33)(H2,29,31,34). The van der Waals surface area contributed by atoms with Crippen LogP contribution < -0.4 is 15.8 Å². The number of carbonyl (C=O) groups is 3. The summed E-state index contributed by atoms with van der Waals surface area (Å²) in [4.78, 5) is 42.2. The summed E-state index contributed by atoms with van der Waals surface area (Å²) in [5.41, 5.74) is 8.97. The lowest BCUT2D eigenvalue weighted by atomic mass is 9.79. The van der Waals surface area contributed by atoms with E-state index in [0.29, 0.717) is 0 Å². The zero-order chi connectivity index (χ0) is 29.6. The van der Waals surface area contributed by atoms with Crippen LogP contribution in [-0.4, -0.2) is 61.0 Å². The molecule has 3 aliphatic rings. The monoisotopic (exact) mass is 577 g/mol. The molecule has 1 heterocycles. The number of amidine groups is 1. The maximum atomic E-state index is 13.5. The van der Waals surface area contributed by atoms with Gasteiger partial charge in [-0.3, -0.25) is 0 Å². The van der Waals surface area contributed by atoms with Gasteiger partial charge < -0.3 is 25.4 Å². The summed E-state index contributed by atoms with van der Waals surface area (Å²) in [5, 5.41) is 1.77. The highest BCUT2D eigenvalue weighted by atomic mass is 32.2. The highest BCUT2D eigenvalue weighted by Crippen LogP contribution is 2.40. The van der Waals surface area contributed by atoms with Crippen LogP contribution in [0.3, 0.4) is 0 Å². The summed E-state index contributed by atoms with van der Waals surface area (Å²) >= 11 is 0. The number of amides is 4. The van der Waals surface area contributed by atoms with Crippen LogP contribution in [0.2, 0.25) is 0 Å². The van der Waals surface area contributed by atoms with Crippen molar-refractivity contribution in [2.24, 2.45) is 16.1 Å². The van der Waals surface area contributed by atoms with E-state index in [9.17, 15) is 22.8 Å². The van der Waals surface area contributed by atoms with Gasteiger partial charge in [-0.2, -0.15) is 0 Å². The molecule has 0 saturated carbocycles. The van der Waals surface area contributed by atoms with Crippen molar-refractivity contribution in [3.63, 3.8) is 0 Å². The average molecular weight is 578 g/mol. The lowest BCUT2D eigenvalue weighted by Gasteiger charge is -2.53. The number of rotatable bonds is 3. The third-order valence-corrected chi connectivity index (χ3v) is 8.99. The molecule has 2 atom stereocenters. The van der Waals surface area contributed by atoms with Gasteiger partial charge in [0, 0.05) is 12.2 Å². The molecule has 4 N–H and O–H groups in total. The largest absolute Gasteiger partial charge is 0.442 e.